The van der Waals surface area contributed by atoms with Gasteiger partial charge >= 0.3 is 6.03 Å². The van der Waals surface area contributed by atoms with Crippen molar-refractivity contribution in [2.24, 2.45) is 0 Å². The highest BCUT2D eigenvalue weighted by atomic mass is 32.2. The van der Waals surface area contributed by atoms with Gasteiger partial charge in [-0.05, 0) is 25.3 Å². The molecule has 0 radical (unpaired) electrons. The summed E-state index contributed by atoms with van der Waals surface area (Å²) in [7, 11) is 1.47. The van der Waals surface area contributed by atoms with Gasteiger partial charge in [0.2, 0.25) is 5.91 Å². The van der Waals surface area contributed by atoms with Crippen LogP contribution in [-0.4, -0.2) is 33.8 Å². The average molecular weight is 345 g/mol. The molecule has 1 fully saturated rings. The highest BCUT2D eigenvalue weighted by molar-refractivity contribution is 8.00. The fraction of sp³-hybridized carbons (Fsp3) is 0.375. The molecule has 1 aliphatic carbocycles. The van der Waals surface area contributed by atoms with Gasteiger partial charge in [-0.1, -0.05) is 42.1 Å². The monoisotopic (exact) mass is 345 g/mol. The van der Waals surface area contributed by atoms with Crippen LogP contribution in [0.5, 0.6) is 0 Å². The Morgan fingerprint density at radius 3 is 2.58 bits per heavy atom. The van der Waals surface area contributed by atoms with Gasteiger partial charge in [-0.15, -0.1) is 10.2 Å². The van der Waals surface area contributed by atoms with Gasteiger partial charge in [-0.3, -0.25) is 10.1 Å². The number of urea groups is 1. The second-order valence-corrected chi connectivity index (χ2v) is 6.68. The molecule has 3 amide bonds. The number of amides is 3. The summed E-state index contributed by atoms with van der Waals surface area (Å²) in [5, 5.41) is 13.2. The summed E-state index contributed by atoms with van der Waals surface area (Å²) in [6.45, 7) is 1.91. The molecule has 1 aromatic carbocycles. The van der Waals surface area contributed by atoms with E-state index in [4.69, 9.17) is 0 Å². The van der Waals surface area contributed by atoms with E-state index >= 15 is 0 Å². The molecule has 24 heavy (non-hydrogen) atoms. The molecule has 2 aromatic rings. The van der Waals surface area contributed by atoms with Crippen molar-refractivity contribution in [1.82, 2.24) is 25.4 Å². The first-order chi connectivity index (χ1) is 11.6. The van der Waals surface area contributed by atoms with Crippen LogP contribution in [0.2, 0.25) is 0 Å². The smallest absolute Gasteiger partial charge is 0.321 e. The molecule has 0 bridgehead atoms. The predicted octanol–water partition coefficient (Wildman–Crippen LogP) is 2.21. The third-order valence-corrected chi connectivity index (χ3v) is 4.99. The lowest BCUT2D eigenvalue weighted by molar-refractivity contribution is -0.119. The minimum absolute atomic E-state index is 0.381. The summed E-state index contributed by atoms with van der Waals surface area (Å²) in [5.74, 6) is 0.465. The number of nitrogens with zero attached hydrogens (tertiary/aromatic N) is 3. The van der Waals surface area contributed by atoms with Gasteiger partial charge < -0.3 is 9.88 Å². The van der Waals surface area contributed by atoms with E-state index in [1.807, 2.05) is 37.3 Å². The van der Waals surface area contributed by atoms with Crippen LogP contribution in [0, 0.1) is 6.92 Å². The van der Waals surface area contributed by atoms with Crippen molar-refractivity contribution in [1.29, 1.82) is 0 Å². The van der Waals surface area contributed by atoms with Gasteiger partial charge in [0.1, 0.15) is 11.1 Å². The standard InChI is InChI=1S/C16H19N5O2S/c1-10-19-20-16(21(10)12-8-9-12)24-13(11-6-4-3-5-7-11)14(22)18-15(23)17-2/h3-7,12-13H,8-9H2,1-2H3,(H2,17,18,22,23)/t13-/m1/s1. The van der Waals surface area contributed by atoms with Gasteiger partial charge in [-0.2, -0.15) is 0 Å². The van der Waals surface area contributed by atoms with Crippen molar-refractivity contribution in [3.63, 3.8) is 0 Å². The van der Waals surface area contributed by atoms with Crippen LogP contribution in [0.4, 0.5) is 4.79 Å². The maximum absolute atomic E-state index is 12.6. The third kappa shape index (κ3) is 3.59. The van der Waals surface area contributed by atoms with Crippen LogP contribution in [-0.2, 0) is 4.79 Å². The maximum Gasteiger partial charge on any atom is 0.321 e. The number of carbonyl (C=O) groups is 2. The molecule has 7 nitrogen and oxygen atoms in total. The second kappa shape index (κ2) is 7.04. The normalized spacial score (nSPS) is 14.9. The fourth-order valence-electron chi connectivity index (χ4n) is 2.43. The van der Waals surface area contributed by atoms with Crippen LogP contribution < -0.4 is 10.6 Å². The number of hydrogen-bond acceptors (Lipinski definition) is 5. The number of imide groups is 1. The number of aryl methyl sites for hydroxylation is 1. The Morgan fingerprint density at radius 2 is 1.96 bits per heavy atom. The van der Waals surface area contributed by atoms with E-state index in [1.54, 1.807) is 0 Å². The third-order valence-electron chi connectivity index (χ3n) is 3.77. The molecular weight excluding hydrogens is 326 g/mol. The Bertz CT molecular complexity index is 742. The van der Waals surface area contributed by atoms with Gasteiger partial charge in [0, 0.05) is 13.1 Å². The Kier molecular flexibility index (Phi) is 4.84. The zero-order valence-electron chi connectivity index (χ0n) is 13.5. The number of hydrogen-bond donors (Lipinski definition) is 2. The van der Waals surface area contributed by atoms with Crippen molar-refractivity contribution in [2.75, 3.05) is 7.05 Å². The molecule has 1 saturated carbocycles. The number of carbonyl (C=O) groups excluding carboxylic acids is 2. The maximum atomic E-state index is 12.6. The number of thioether (sulfide) groups is 1. The molecule has 3 rings (SSSR count). The van der Waals surface area contributed by atoms with Crippen molar-refractivity contribution in [3.05, 3.63) is 41.7 Å². The van der Waals surface area contributed by atoms with Crippen LogP contribution in [0.25, 0.3) is 0 Å². The largest absolute Gasteiger partial charge is 0.341 e. The first-order valence-corrected chi connectivity index (χ1v) is 8.63. The van der Waals surface area contributed by atoms with E-state index < -0.39 is 11.3 Å². The van der Waals surface area contributed by atoms with Gasteiger partial charge in [0.05, 0.1) is 0 Å². The molecule has 0 saturated heterocycles. The molecule has 0 unspecified atom stereocenters. The summed E-state index contributed by atoms with van der Waals surface area (Å²) in [5.41, 5.74) is 0.812. The highest BCUT2D eigenvalue weighted by Crippen LogP contribution is 2.42. The number of benzene rings is 1. The summed E-state index contributed by atoms with van der Waals surface area (Å²) >= 11 is 1.32. The lowest BCUT2D eigenvalue weighted by Gasteiger charge is -2.16. The van der Waals surface area contributed by atoms with Crippen LogP contribution in [0.1, 0.15) is 35.5 Å². The van der Waals surface area contributed by atoms with E-state index in [9.17, 15) is 9.59 Å². The van der Waals surface area contributed by atoms with E-state index in [0.717, 1.165) is 24.2 Å². The molecule has 1 aromatic heterocycles. The number of aromatic nitrogens is 3. The van der Waals surface area contributed by atoms with E-state index in [-0.39, 0.29) is 5.91 Å². The minimum Gasteiger partial charge on any atom is -0.341 e. The first kappa shape index (κ1) is 16.5. The first-order valence-electron chi connectivity index (χ1n) is 7.76. The summed E-state index contributed by atoms with van der Waals surface area (Å²) in [4.78, 5) is 24.1. The zero-order chi connectivity index (χ0) is 17.1. The minimum atomic E-state index is -0.579. The Labute approximate surface area is 144 Å². The Morgan fingerprint density at radius 1 is 1.25 bits per heavy atom. The van der Waals surface area contributed by atoms with Crippen molar-refractivity contribution in [2.45, 2.75) is 36.2 Å². The van der Waals surface area contributed by atoms with Crippen molar-refractivity contribution in [3.8, 4) is 0 Å². The lowest BCUT2D eigenvalue weighted by atomic mass is 10.1. The Balaban J connectivity index is 1.88. The molecule has 1 heterocycles. The lowest BCUT2D eigenvalue weighted by Crippen LogP contribution is -2.39. The van der Waals surface area contributed by atoms with Gasteiger partial charge in [0.25, 0.3) is 0 Å². The number of nitrogens with one attached hydrogen (secondary N) is 2. The van der Waals surface area contributed by atoms with E-state index in [1.165, 1.54) is 18.8 Å². The van der Waals surface area contributed by atoms with Crippen LogP contribution >= 0.6 is 11.8 Å². The summed E-state index contributed by atoms with van der Waals surface area (Å²) < 4.78 is 2.08. The SMILES string of the molecule is CNC(=O)NC(=O)[C@H](Sc1nnc(C)n1C1CC1)c1ccccc1. The molecular formula is C16H19N5O2S. The predicted molar refractivity (Wildman–Crippen MR) is 90.7 cm³/mol. The summed E-state index contributed by atoms with van der Waals surface area (Å²) in [6.07, 6.45) is 2.21. The Hall–Kier alpha value is -2.35. The van der Waals surface area contributed by atoms with Gasteiger partial charge in [0.15, 0.2) is 5.16 Å². The van der Waals surface area contributed by atoms with Crippen LogP contribution in [0.3, 0.4) is 0 Å². The highest BCUT2D eigenvalue weighted by Gasteiger charge is 2.31. The topological polar surface area (TPSA) is 88.9 Å². The average Bonchev–Trinajstić information content (AvgIpc) is 3.36. The van der Waals surface area contributed by atoms with Gasteiger partial charge in [-0.25, -0.2) is 4.79 Å². The molecule has 2 N–H and O–H groups in total. The molecule has 0 spiro atoms. The zero-order valence-corrected chi connectivity index (χ0v) is 14.3. The van der Waals surface area contributed by atoms with Crippen LogP contribution in [0.15, 0.2) is 35.5 Å². The quantitative estimate of drug-likeness (QED) is 0.811. The van der Waals surface area contributed by atoms with E-state index in [2.05, 4.69) is 25.4 Å². The van der Waals surface area contributed by atoms with Crippen molar-refractivity contribution < 1.29 is 9.59 Å². The molecule has 0 aliphatic heterocycles. The summed E-state index contributed by atoms with van der Waals surface area (Å²) in [6, 6.07) is 9.25. The second-order valence-electron chi connectivity index (χ2n) is 5.61. The molecule has 8 heteroatoms. The fourth-order valence-corrected chi connectivity index (χ4v) is 3.58. The van der Waals surface area contributed by atoms with Crippen molar-refractivity contribution >= 4 is 23.7 Å². The molecule has 126 valence electrons. The molecule has 1 atom stereocenters. The molecule has 1 aliphatic rings. The van der Waals surface area contributed by atoms with E-state index in [0.29, 0.717) is 11.2 Å². The number of rotatable bonds is 5.